The molecule has 0 aliphatic heterocycles. The molecule has 102 valence electrons. The minimum absolute atomic E-state index is 0.112. The lowest BCUT2D eigenvalue weighted by molar-refractivity contribution is 0.514. The van der Waals surface area contributed by atoms with Crippen LogP contribution in [0.2, 0.25) is 0 Å². The predicted molar refractivity (Wildman–Crippen MR) is 74.2 cm³/mol. The number of rotatable bonds is 6. The Morgan fingerprint density at radius 3 is 2.95 bits per heavy atom. The average molecular weight is 261 g/mol. The van der Waals surface area contributed by atoms with Crippen molar-refractivity contribution < 1.29 is 4.39 Å². The summed E-state index contributed by atoms with van der Waals surface area (Å²) < 4.78 is 15.2. The van der Waals surface area contributed by atoms with Crippen LogP contribution in [0.5, 0.6) is 0 Å². The average Bonchev–Trinajstić information content (AvgIpc) is 2.84. The highest BCUT2D eigenvalue weighted by Crippen LogP contribution is 2.14. The third kappa shape index (κ3) is 3.64. The highest BCUT2D eigenvalue weighted by atomic mass is 19.1. The molecule has 0 saturated heterocycles. The Hall–Kier alpha value is -1.68. The third-order valence-electron chi connectivity index (χ3n) is 3.18. The summed E-state index contributed by atoms with van der Waals surface area (Å²) in [4.78, 5) is 0. The molecule has 0 aliphatic carbocycles. The zero-order chi connectivity index (χ0) is 13.7. The van der Waals surface area contributed by atoms with Gasteiger partial charge in [0.05, 0.1) is 5.69 Å². The van der Waals surface area contributed by atoms with Crippen LogP contribution in [-0.4, -0.2) is 9.78 Å². The van der Waals surface area contributed by atoms with E-state index in [0.717, 1.165) is 30.8 Å². The first-order chi connectivity index (χ1) is 9.20. The summed E-state index contributed by atoms with van der Waals surface area (Å²) in [5.41, 5.74) is 2.12. The van der Waals surface area contributed by atoms with Crippen LogP contribution in [0.1, 0.15) is 37.6 Å². The Morgan fingerprint density at radius 1 is 1.37 bits per heavy atom. The number of benzene rings is 1. The van der Waals surface area contributed by atoms with E-state index < -0.39 is 0 Å². The van der Waals surface area contributed by atoms with Gasteiger partial charge in [0.1, 0.15) is 5.82 Å². The van der Waals surface area contributed by atoms with Gasteiger partial charge in [-0.2, -0.15) is 5.10 Å². The first kappa shape index (κ1) is 13.7. The number of aryl methyl sites for hydroxylation is 1. The molecule has 2 rings (SSSR count). The molecule has 1 atom stereocenters. The molecule has 0 fully saturated rings. The molecule has 0 spiro atoms. The van der Waals surface area contributed by atoms with Crippen LogP contribution in [-0.2, 0) is 13.1 Å². The van der Waals surface area contributed by atoms with Crippen molar-refractivity contribution in [1.82, 2.24) is 15.1 Å². The lowest BCUT2D eigenvalue weighted by atomic mass is 10.1. The summed E-state index contributed by atoms with van der Waals surface area (Å²) in [5, 5.41) is 7.69. The second-order valence-corrected chi connectivity index (χ2v) is 4.70. The summed E-state index contributed by atoms with van der Waals surface area (Å²) in [6.07, 6.45) is 2.88. The standard InChI is InChI=1S/C15H20FN3/c1-3-9-19-15(7-8-18-19)11-17-12(2)13-5-4-6-14(16)10-13/h4-8,10,12,17H,3,9,11H2,1-2H3/t12-/m1/s1. The molecule has 19 heavy (non-hydrogen) atoms. The van der Waals surface area contributed by atoms with E-state index >= 15 is 0 Å². The van der Waals surface area contributed by atoms with Crippen molar-refractivity contribution in [3.63, 3.8) is 0 Å². The van der Waals surface area contributed by atoms with Crippen LogP contribution < -0.4 is 5.32 Å². The second kappa shape index (κ2) is 6.48. The van der Waals surface area contributed by atoms with Crippen LogP contribution in [0.15, 0.2) is 36.5 Å². The fourth-order valence-electron chi connectivity index (χ4n) is 2.07. The molecule has 0 saturated carbocycles. The summed E-state index contributed by atoms with van der Waals surface area (Å²) in [7, 11) is 0. The molecular formula is C15H20FN3. The van der Waals surface area contributed by atoms with Crippen LogP contribution in [0.3, 0.4) is 0 Å². The van der Waals surface area contributed by atoms with Crippen LogP contribution in [0, 0.1) is 5.82 Å². The molecule has 1 N–H and O–H groups in total. The van der Waals surface area contributed by atoms with Gasteiger partial charge in [0.2, 0.25) is 0 Å². The SMILES string of the molecule is CCCn1nccc1CN[C@H](C)c1cccc(F)c1. The van der Waals surface area contributed by atoms with Crippen LogP contribution in [0.4, 0.5) is 4.39 Å². The van der Waals surface area contributed by atoms with Crippen molar-refractivity contribution in [1.29, 1.82) is 0 Å². The largest absolute Gasteiger partial charge is 0.305 e. The maximum Gasteiger partial charge on any atom is 0.123 e. The number of nitrogens with zero attached hydrogens (tertiary/aromatic N) is 2. The Balaban J connectivity index is 1.96. The van der Waals surface area contributed by atoms with Gasteiger partial charge in [0.15, 0.2) is 0 Å². The van der Waals surface area contributed by atoms with Gasteiger partial charge in [0.25, 0.3) is 0 Å². The quantitative estimate of drug-likeness (QED) is 0.864. The van der Waals surface area contributed by atoms with E-state index in [2.05, 4.69) is 17.3 Å². The van der Waals surface area contributed by atoms with E-state index in [-0.39, 0.29) is 11.9 Å². The first-order valence-corrected chi connectivity index (χ1v) is 6.70. The zero-order valence-corrected chi connectivity index (χ0v) is 11.4. The number of nitrogens with one attached hydrogen (secondary N) is 1. The number of hydrogen-bond acceptors (Lipinski definition) is 2. The van der Waals surface area contributed by atoms with Gasteiger partial charge in [0, 0.05) is 25.3 Å². The molecule has 0 amide bonds. The summed E-state index contributed by atoms with van der Waals surface area (Å²) in [5.74, 6) is -0.192. The fraction of sp³-hybridized carbons (Fsp3) is 0.400. The van der Waals surface area contributed by atoms with Gasteiger partial charge in [-0.1, -0.05) is 19.1 Å². The molecule has 0 radical (unpaired) electrons. The molecule has 0 bridgehead atoms. The summed E-state index contributed by atoms with van der Waals surface area (Å²) in [6, 6.07) is 8.84. The van der Waals surface area contributed by atoms with Crippen molar-refractivity contribution in [2.75, 3.05) is 0 Å². The molecule has 3 nitrogen and oxygen atoms in total. The van der Waals surface area contributed by atoms with Crippen LogP contribution in [0.25, 0.3) is 0 Å². The van der Waals surface area contributed by atoms with Gasteiger partial charge in [-0.05, 0) is 37.1 Å². The van der Waals surface area contributed by atoms with E-state index in [9.17, 15) is 4.39 Å². The van der Waals surface area contributed by atoms with E-state index in [1.165, 1.54) is 6.07 Å². The van der Waals surface area contributed by atoms with Gasteiger partial charge in [-0.3, -0.25) is 4.68 Å². The molecular weight excluding hydrogens is 241 g/mol. The summed E-state index contributed by atoms with van der Waals surface area (Å²) in [6.45, 7) is 5.83. The maximum atomic E-state index is 13.2. The molecule has 1 aromatic carbocycles. The Morgan fingerprint density at radius 2 is 2.21 bits per heavy atom. The Bertz CT molecular complexity index is 522. The zero-order valence-electron chi connectivity index (χ0n) is 11.4. The van der Waals surface area contributed by atoms with Crippen molar-refractivity contribution in [2.24, 2.45) is 0 Å². The van der Waals surface area contributed by atoms with Gasteiger partial charge >= 0.3 is 0 Å². The highest BCUT2D eigenvalue weighted by molar-refractivity contribution is 5.19. The van der Waals surface area contributed by atoms with Gasteiger partial charge in [-0.15, -0.1) is 0 Å². The monoisotopic (exact) mass is 261 g/mol. The molecule has 0 unspecified atom stereocenters. The number of halogens is 1. The maximum absolute atomic E-state index is 13.2. The van der Waals surface area contributed by atoms with Gasteiger partial charge < -0.3 is 5.32 Å². The van der Waals surface area contributed by atoms with E-state index in [1.54, 1.807) is 12.1 Å². The number of aromatic nitrogens is 2. The van der Waals surface area contributed by atoms with E-state index in [4.69, 9.17) is 0 Å². The fourth-order valence-corrected chi connectivity index (χ4v) is 2.07. The smallest absolute Gasteiger partial charge is 0.123 e. The lowest BCUT2D eigenvalue weighted by Crippen LogP contribution is -2.20. The molecule has 1 aromatic heterocycles. The normalized spacial score (nSPS) is 12.6. The van der Waals surface area contributed by atoms with Gasteiger partial charge in [-0.25, -0.2) is 4.39 Å². The predicted octanol–water partition coefficient (Wildman–Crippen LogP) is 3.28. The van der Waals surface area contributed by atoms with Crippen molar-refractivity contribution >= 4 is 0 Å². The lowest BCUT2D eigenvalue weighted by Gasteiger charge is -2.15. The van der Waals surface area contributed by atoms with Crippen molar-refractivity contribution in [3.8, 4) is 0 Å². The molecule has 0 aliphatic rings. The van der Waals surface area contributed by atoms with E-state index in [1.807, 2.05) is 29.9 Å². The highest BCUT2D eigenvalue weighted by Gasteiger charge is 2.07. The second-order valence-electron chi connectivity index (χ2n) is 4.70. The van der Waals surface area contributed by atoms with Crippen molar-refractivity contribution in [3.05, 3.63) is 53.6 Å². The molecule has 2 aromatic rings. The number of hydrogen-bond donors (Lipinski definition) is 1. The summed E-state index contributed by atoms with van der Waals surface area (Å²) >= 11 is 0. The molecule has 1 heterocycles. The topological polar surface area (TPSA) is 29.9 Å². The first-order valence-electron chi connectivity index (χ1n) is 6.70. The van der Waals surface area contributed by atoms with Crippen molar-refractivity contribution in [2.45, 2.75) is 39.4 Å². The van der Waals surface area contributed by atoms with Crippen LogP contribution >= 0.6 is 0 Å². The molecule has 4 heteroatoms. The third-order valence-corrected chi connectivity index (χ3v) is 3.18. The Kier molecular flexibility index (Phi) is 4.68. The minimum Gasteiger partial charge on any atom is -0.305 e. The Labute approximate surface area is 113 Å². The minimum atomic E-state index is -0.192. The van der Waals surface area contributed by atoms with E-state index in [0.29, 0.717) is 0 Å².